The average Bonchev–Trinajstić information content (AvgIpc) is 3.33. The van der Waals surface area contributed by atoms with Crippen LogP contribution in [0.3, 0.4) is 0 Å². The molecule has 1 amide bonds. The van der Waals surface area contributed by atoms with Crippen LogP contribution in [-0.2, 0) is 24.2 Å². The SMILES string of the molecule is Cc1nc2c(n1[C@H]1CCN(C(=O)Cn3ncc4ccccc4c3=O)C1)CCCC2. The minimum Gasteiger partial charge on any atom is -0.339 e. The van der Waals surface area contributed by atoms with E-state index in [1.165, 1.54) is 28.9 Å². The third-order valence-corrected chi connectivity index (χ3v) is 6.27. The van der Waals surface area contributed by atoms with Gasteiger partial charge in [-0.15, -0.1) is 0 Å². The van der Waals surface area contributed by atoms with Crippen LogP contribution in [-0.4, -0.2) is 43.2 Å². The minimum absolute atomic E-state index is 0.0165. The van der Waals surface area contributed by atoms with E-state index in [1.54, 1.807) is 12.3 Å². The van der Waals surface area contributed by atoms with Gasteiger partial charge in [-0.3, -0.25) is 9.59 Å². The molecule has 3 aromatic rings. The predicted molar refractivity (Wildman–Crippen MR) is 110 cm³/mol. The number of hydrogen-bond donors (Lipinski definition) is 0. The summed E-state index contributed by atoms with van der Waals surface area (Å²) >= 11 is 0. The van der Waals surface area contributed by atoms with Gasteiger partial charge in [0.2, 0.25) is 5.91 Å². The van der Waals surface area contributed by atoms with Gasteiger partial charge in [0.15, 0.2) is 0 Å². The van der Waals surface area contributed by atoms with Gasteiger partial charge in [-0.05, 0) is 45.1 Å². The van der Waals surface area contributed by atoms with Crippen LogP contribution in [0.4, 0.5) is 0 Å². The largest absolute Gasteiger partial charge is 0.339 e. The van der Waals surface area contributed by atoms with Gasteiger partial charge in [0.25, 0.3) is 5.56 Å². The lowest BCUT2D eigenvalue weighted by Gasteiger charge is -2.21. The van der Waals surface area contributed by atoms with Gasteiger partial charge in [0.1, 0.15) is 12.4 Å². The highest BCUT2D eigenvalue weighted by molar-refractivity contribution is 5.81. The molecule has 7 nitrogen and oxygen atoms in total. The predicted octanol–water partition coefficient (Wildman–Crippen LogP) is 2.25. The zero-order valence-electron chi connectivity index (χ0n) is 16.7. The fourth-order valence-electron chi connectivity index (χ4n) is 4.83. The van der Waals surface area contributed by atoms with E-state index in [0.29, 0.717) is 18.5 Å². The first-order valence-electron chi connectivity index (χ1n) is 10.4. The maximum absolute atomic E-state index is 12.9. The Balaban J connectivity index is 1.33. The maximum Gasteiger partial charge on any atom is 0.275 e. The minimum atomic E-state index is -0.216. The number of rotatable bonds is 3. The smallest absolute Gasteiger partial charge is 0.275 e. The number of nitrogens with zero attached hydrogens (tertiary/aromatic N) is 5. The van der Waals surface area contributed by atoms with Crippen molar-refractivity contribution < 1.29 is 4.79 Å². The Morgan fingerprint density at radius 3 is 2.93 bits per heavy atom. The Bertz CT molecular complexity index is 1150. The lowest BCUT2D eigenvalue weighted by Crippen LogP contribution is -2.36. The van der Waals surface area contributed by atoms with Gasteiger partial charge in [-0.2, -0.15) is 5.10 Å². The molecule has 0 unspecified atom stereocenters. The molecule has 0 bridgehead atoms. The Labute approximate surface area is 169 Å². The number of benzene rings is 1. The molecule has 1 saturated heterocycles. The highest BCUT2D eigenvalue weighted by Gasteiger charge is 2.31. The highest BCUT2D eigenvalue weighted by atomic mass is 16.2. The quantitative estimate of drug-likeness (QED) is 0.686. The Hall–Kier alpha value is -2.96. The Kier molecular flexibility index (Phi) is 4.45. The molecule has 1 atom stereocenters. The molecule has 7 heteroatoms. The second kappa shape index (κ2) is 7.13. The van der Waals surface area contributed by atoms with Crippen LogP contribution in [0.1, 0.15) is 42.5 Å². The van der Waals surface area contributed by atoms with Gasteiger partial charge < -0.3 is 9.47 Å². The zero-order valence-corrected chi connectivity index (χ0v) is 16.7. The molecule has 1 aromatic carbocycles. The van der Waals surface area contributed by atoms with Crippen molar-refractivity contribution in [3.05, 3.63) is 58.0 Å². The first kappa shape index (κ1) is 18.1. The van der Waals surface area contributed by atoms with Crippen molar-refractivity contribution >= 4 is 16.7 Å². The topological polar surface area (TPSA) is 73.0 Å². The molecular formula is C22H25N5O2. The number of carbonyl (C=O) groups is 1. The number of imidazole rings is 1. The number of hydrogen-bond acceptors (Lipinski definition) is 4. The average molecular weight is 391 g/mol. The number of aryl methyl sites for hydroxylation is 2. The molecular weight excluding hydrogens is 366 g/mol. The molecule has 3 heterocycles. The number of carbonyl (C=O) groups excluding carboxylic acids is 1. The molecule has 2 aromatic heterocycles. The Morgan fingerprint density at radius 1 is 1.21 bits per heavy atom. The van der Waals surface area contributed by atoms with E-state index in [9.17, 15) is 9.59 Å². The third-order valence-electron chi connectivity index (χ3n) is 6.27. The van der Waals surface area contributed by atoms with Gasteiger partial charge in [0.05, 0.1) is 23.3 Å². The van der Waals surface area contributed by atoms with Gasteiger partial charge in [0, 0.05) is 24.2 Å². The summed E-state index contributed by atoms with van der Waals surface area (Å²) in [5.41, 5.74) is 2.39. The summed E-state index contributed by atoms with van der Waals surface area (Å²) in [6, 6.07) is 7.61. The lowest BCUT2D eigenvalue weighted by molar-refractivity contribution is -0.131. The second-order valence-corrected chi connectivity index (χ2v) is 8.11. The summed E-state index contributed by atoms with van der Waals surface area (Å²) < 4.78 is 3.64. The number of amides is 1. The first-order valence-corrected chi connectivity index (χ1v) is 10.4. The van der Waals surface area contributed by atoms with E-state index in [2.05, 4.69) is 16.6 Å². The van der Waals surface area contributed by atoms with Crippen molar-refractivity contribution in [1.82, 2.24) is 24.2 Å². The maximum atomic E-state index is 12.9. The second-order valence-electron chi connectivity index (χ2n) is 8.11. The lowest BCUT2D eigenvalue weighted by atomic mass is 10.0. The molecule has 0 N–H and O–H groups in total. The summed E-state index contributed by atoms with van der Waals surface area (Å²) in [6.07, 6.45) is 7.15. The summed E-state index contributed by atoms with van der Waals surface area (Å²) in [5, 5.41) is 5.59. The molecule has 1 aliphatic heterocycles. The van der Waals surface area contributed by atoms with E-state index in [0.717, 1.165) is 30.5 Å². The van der Waals surface area contributed by atoms with E-state index in [4.69, 9.17) is 4.98 Å². The number of fused-ring (bicyclic) bond motifs is 2. The Morgan fingerprint density at radius 2 is 2.03 bits per heavy atom. The zero-order chi connectivity index (χ0) is 20.0. The first-order chi connectivity index (χ1) is 14.1. The molecule has 1 aliphatic carbocycles. The highest BCUT2D eigenvalue weighted by Crippen LogP contribution is 2.30. The van der Waals surface area contributed by atoms with Crippen LogP contribution in [0.2, 0.25) is 0 Å². The van der Waals surface area contributed by atoms with Crippen molar-refractivity contribution in [2.75, 3.05) is 13.1 Å². The van der Waals surface area contributed by atoms with Crippen LogP contribution in [0.25, 0.3) is 10.8 Å². The van der Waals surface area contributed by atoms with Crippen LogP contribution in [0, 0.1) is 6.92 Å². The van der Waals surface area contributed by atoms with Crippen LogP contribution >= 0.6 is 0 Å². The van der Waals surface area contributed by atoms with Crippen molar-refractivity contribution in [2.24, 2.45) is 0 Å². The van der Waals surface area contributed by atoms with Gasteiger partial charge >= 0.3 is 0 Å². The van der Waals surface area contributed by atoms with Crippen LogP contribution < -0.4 is 5.56 Å². The molecule has 0 saturated carbocycles. The molecule has 2 aliphatic rings. The fourth-order valence-corrected chi connectivity index (χ4v) is 4.83. The van der Waals surface area contributed by atoms with E-state index >= 15 is 0 Å². The molecule has 1 fully saturated rings. The molecule has 0 radical (unpaired) electrons. The number of likely N-dealkylation sites (tertiary alicyclic amines) is 1. The molecule has 150 valence electrons. The van der Waals surface area contributed by atoms with Gasteiger partial charge in [-0.1, -0.05) is 18.2 Å². The standard InChI is InChI=1S/C22H25N5O2/c1-15-24-19-8-4-5-9-20(19)27(15)17-10-11-25(13-17)21(28)14-26-22(29)18-7-3-2-6-16(18)12-23-26/h2-3,6-7,12,17H,4-5,8-11,13-14H2,1H3/t17-/m0/s1. The van der Waals surface area contributed by atoms with Crippen LogP contribution in [0.5, 0.6) is 0 Å². The molecule has 0 spiro atoms. The van der Waals surface area contributed by atoms with E-state index in [1.807, 2.05) is 23.1 Å². The fraction of sp³-hybridized carbons (Fsp3) is 0.455. The van der Waals surface area contributed by atoms with E-state index in [-0.39, 0.29) is 24.1 Å². The summed E-state index contributed by atoms with van der Waals surface area (Å²) in [5.74, 6) is 1.01. The van der Waals surface area contributed by atoms with Crippen molar-refractivity contribution in [3.8, 4) is 0 Å². The molecule has 29 heavy (non-hydrogen) atoms. The van der Waals surface area contributed by atoms with Crippen molar-refractivity contribution in [3.63, 3.8) is 0 Å². The number of aromatic nitrogens is 4. The normalized spacial score (nSPS) is 18.9. The third kappa shape index (κ3) is 3.14. The van der Waals surface area contributed by atoms with Crippen LogP contribution in [0.15, 0.2) is 35.3 Å². The summed E-state index contributed by atoms with van der Waals surface area (Å²) in [6.45, 7) is 3.43. The van der Waals surface area contributed by atoms with E-state index < -0.39 is 0 Å². The van der Waals surface area contributed by atoms with Gasteiger partial charge in [-0.25, -0.2) is 9.67 Å². The monoisotopic (exact) mass is 391 g/mol. The summed E-state index contributed by atoms with van der Waals surface area (Å²) in [7, 11) is 0. The summed E-state index contributed by atoms with van der Waals surface area (Å²) in [4.78, 5) is 32.2. The molecule has 5 rings (SSSR count). The van der Waals surface area contributed by atoms with Crippen molar-refractivity contribution in [1.29, 1.82) is 0 Å². The van der Waals surface area contributed by atoms with Crippen molar-refractivity contribution in [2.45, 2.75) is 51.6 Å².